The number of aliphatic hydroxyl groups is 4. The molecule has 0 saturated heterocycles. The molecule has 0 aliphatic carbocycles. The van der Waals surface area contributed by atoms with Gasteiger partial charge < -0.3 is 31.4 Å². The zero-order chi connectivity index (χ0) is 10.4. The van der Waals surface area contributed by atoms with Gasteiger partial charge in [-0.15, -0.1) is 5.16 Å². The summed E-state index contributed by atoms with van der Waals surface area (Å²) < 4.78 is 0. The topological polar surface area (TPSA) is 140 Å². The van der Waals surface area contributed by atoms with Crippen LogP contribution in [0.1, 0.15) is 0 Å². The van der Waals surface area contributed by atoms with Gasteiger partial charge in [0.2, 0.25) is 0 Å². The first kappa shape index (κ1) is 12.3. The molecule has 7 N–H and O–H groups in total. The van der Waals surface area contributed by atoms with Crippen LogP contribution < -0.4 is 5.73 Å². The molecular formula is C6H14N2O5. The highest BCUT2D eigenvalue weighted by Crippen LogP contribution is 2.01. The van der Waals surface area contributed by atoms with E-state index in [1.807, 2.05) is 0 Å². The van der Waals surface area contributed by atoms with Crippen molar-refractivity contribution in [1.82, 2.24) is 0 Å². The molecule has 0 aromatic rings. The molecule has 0 bridgehead atoms. The second-order valence-electron chi connectivity index (χ2n) is 2.57. The monoisotopic (exact) mass is 194 g/mol. The van der Waals surface area contributed by atoms with Crippen LogP contribution in [0.5, 0.6) is 0 Å². The molecule has 4 atom stereocenters. The summed E-state index contributed by atoms with van der Waals surface area (Å²) in [6, 6.07) is -1.11. The zero-order valence-corrected chi connectivity index (χ0v) is 6.85. The Labute approximate surface area is 74.7 Å². The smallest absolute Gasteiger partial charge is 0.110 e. The van der Waals surface area contributed by atoms with Crippen LogP contribution in [0.25, 0.3) is 0 Å². The van der Waals surface area contributed by atoms with Gasteiger partial charge in [0.1, 0.15) is 18.3 Å². The van der Waals surface area contributed by atoms with Gasteiger partial charge in [-0.05, 0) is 0 Å². The van der Waals surface area contributed by atoms with E-state index in [0.717, 1.165) is 6.21 Å². The molecule has 0 heterocycles. The minimum Gasteiger partial charge on any atom is -0.411 e. The Bertz CT molecular complexity index is 165. The van der Waals surface area contributed by atoms with Gasteiger partial charge in [-0.3, -0.25) is 0 Å². The molecule has 0 fully saturated rings. The van der Waals surface area contributed by atoms with Gasteiger partial charge in [0.15, 0.2) is 0 Å². The fraction of sp³-hybridized carbons (Fsp3) is 0.833. The van der Waals surface area contributed by atoms with E-state index in [2.05, 4.69) is 5.16 Å². The van der Waals surface area contributed by atoms with Crippen molar-refractivity contribution < 1.29 is 25.6 Å². The summed E-state index contributed by atoms with van der Waals surface area (Å²) in [6.45, 7) is -0.693. The molecule has 78 valence electrons. The lowest BCUT2D eigenvalue weighted by atomic mass is 10.0. The minimum absolute atomic E-state index is 0.693. The third-order valence-electron chi connectivity index (χ3n) is 1.56. The molecule has 0 unspecified atom stereocenters. The Kier molecular flexibility index (Phi) is 5.51. The maximum Gasteiger partial charge on any atom is 0.110 e. The third kappa shape index (κ3) is 3.66. The van der Waals surface area contributed by atoms with Crippen molar-refractivity contribution in [2.24, 2.45) is 10.9 Å². The Morgan fingerprint density at radius 1 is 1.23 bits per heavy atom. The summed E-state index contributed by atoms with van der Waals surface area (Å²) in [4.78, 5) is 0. The SMILES string of the molecule is N[C@@H](C=NO)[C@@H](O)[C@H](O)[C@H](O)CO. The number of aliphatic hydroxyl groups excluding tert-OH is 4. The van der Waals surface area contributed by atoms with E-state index >= 15 is 0 Å². The van der Waals surface area contributed by atoms with E-state index in [0.29, 0.717) is 0 Å². The van der Waals surface area contributed by atoms with E-state index < -0.39 is 31.0 Å². The minimum atomic E-state index is -1.59. The predicted molar refractivity (Wildman–Crippen MR) is 43.4 cm³/mol. The number of rotatable bonds is 5. The lowest BCUT2D eigenvalue weighted by Gasteiger charge is -2.23. The summed E-state index contributed by atoms with van der Waals surface area (Å²) >= 11 is 0. The Hall–Kier alpha value is -0.730. The van der Waals surface area contributed by atoms with Gasteiger partial charge in [-0.2, -0.15) is 0 Å². The van der Waals surface area contributed by atoms with Crippen LogP contribution in [0.4, 0.5) is 0 Å². The second-order valence-corrected chi connectivity index (χ2v) is 2.57. The first-order valence-electron chi connectivity index (χ1n) is 3.62. The molecule has 0 saturated carbocycles. The molecule has 7 heteroatoms. The fourth-order valence-electron chi connectivity index (χ4n) is 0.728. The highest BCUT2D eigenvalue weighted by Gasteiger charge is 2.28. The zero-order valence-electron chi connectivity index (χ0n) is 6.85. The predicted octanol–water partition coefficient (Wildman–Crippen LogP) is -3.15. The molecule has 7 nitrogen and oxygen atoms in total. The first-order valence-corrected chi connectivity index (χ1v) is 3.62. The summed E-state index contributed by atoms with van der Waals surface area (Å²) in [7, 11) is 0. The highest BCUT2D eigenvalue weighted by atomic mass is 16.4. The van der Waals surface area contributed by atoms with Crippen LogP contribution in [0.15, 0.2) is 5.16 Å². The quantitative estimate of drug-likeness (QED) is 0.155. The lowest BCUT2D eigenvalue weighted by Crippen LogP contribution is -2.49. The van der Waals surface area contributed by atoms with E-state index in [1.54, 1.807) is 0 Å². The highest BCUT2D eigenvalue weighted by molar-refractivity contribution is 5.64. The second kappa shape index (κ2) is 5.84. The molecule has 13 heavy (non-hydrogen) atoms. The summed E-state index contributed by atoms with van der Waals surface area (Å²) in [5.41, 5.74) is 5.21. The summed E-state index contributed by atoms with van der Waals surface area (Å²) in [6.07, 6.45) is -3.76. The van der Waals surface area contributed by atoms with Crippen molar-refractivity contribution in [1.29, 1.82) is 0 Å². The lowest BCUT2D eigenvalue weighted by molar-refractivity contribution is -0.0772. The van der Waals surface area contributed by atoms with Crippen molar-refractivity contribution in [3.8, 4) is 0 Å². The molecular weight excluding hydrogens is 180 g/mol. The van der Waals surface area contributed by atoms with Crippen molar-refractivity contribution in [2.75, 3.05) is 6.61 Å². The Balaban J connectivity index is 4.15. The molecule has 0 aromatic carbocycles. The van der Waals surface area contributed by atoms with Gasteiger partial charge in [-0.1, -0.05) is 0 Å². The fourth-order valence-corrected chi connectivity index (χ4v) is 0.728. The molecule has 0 aliphatic heterocycles. The van der Waals surface area contributed by atoms with E-state index in [1.165, 1.54) is 0 Å². The number of hydrogen-bond donors (Lipinski definition) is 6. The standard InChI is InChI=1S/C6H14N2O5/c7-3(1-8-13)5(11)6(12)4(10)2-9/h1,3-6,9-13H,2,7H2/t3-,4+,5+,6+/m0/s1. The van der Waals surface area contributed by atoms with E-state index in [4.69, 9.17) is 26.3 Å². The van der Waals surface area contributed by atoms with Crippen LogP contribution in [0, 0.1) is 0 Å². The van der Waals surface area contributed by atoms with Crippen molar-refractivity contribution >= 4 is 6.21 Å². The number of nitrogens with zero attached hydrogens (tertiary/aromatic N) is 1. The molecule has 0 radical (unpaired) electrons. The maximum absolute atomic E-state index is 9.17. The average molecular weight is 194 g/mol. The number of hydrogen-bond acceptors (Lipinski definition) is 7. The van der Waals surface area contributed by atoms with Crippen LogP contribution in [0.2, 0.25) is 0 Å². The van der Waals surface area contributed by atoms with Crippen LogP contribution in [0.3, 0.4) is 0 Å². The number of nitrogens with two attached hydrogens (primary N) is 1. The van der Waals surface area contributed by atoms with Gasteiger partial charge in [-0.25, -0.2) is 0 Å². The molecule has 0 rings (SSSR count). The van der Waals surface area contributed by atoms with Crippen LogP contribution >= 0.6 is 0 Å². The van der Waals surface area contributed by atoms with Crippen LogP contribution in [-0.4, -0.2) is 62.8 Å². The van der Waals surface area contributed by atoms with Crippen molar-refractivity contribution in [3.05, 3.63) is 0 Å². The molecule has 0 aromatic heterocycles. The Morgan fingerprint density at radius 2 is 1.77 bits per heavy atom. The normalized spacial score (nSPS) is 21.3. The van der Waals surface area contributed by atoms with Gasteiger partial charge in [0.05, 0.1) is 18.9 Å². The molecule has 0 spiro atoms. The maximum atomic E-state index is 9.17. The summed E-state index contributed by atoms with van der Waals surface area (Å²) in [5, 5.41) is 46.2. The van der Waals surface area contributed by atoms with Crippen molar-refractivity contribution in [2.45, 2.75) is 24.4 Å². The van der Waals surface area contributed by atoms with E-state index in [-0.39, 0.29) is 0 Å². The first-order chi connectivity index (χ1) is 6.04. The largest absolute Gasteiger partial charge is 0.411 e. The van der Waals surface area contributed by atoms with Gasteiger partial charge in [0.25, 0.3) is 0 Å². The van der Waals surface area contributed by atoms with Gasteiger partial charge in [0, 0.05) is 0 Å². The third-order valence-corrected chi connectivity index (χ3v) is 1.56. The van der Waals surface area contributed by atoms with Gasteiger partial charge >= 0.3 is 0 Å². The Morgan fingerprint density at radius 3 is 2.15 bits per heavy atom. The van der Waals surface area contributed by atoms with E-state index in [9.17, 15) is 5.11 Å². The number of oxime groups is 1. The molecule has 0 aliphatic rings. The average Bonchev–Trinajstić information content (AvgIpc) is 2.14. The van der Waals surface area contributed by atoms with Crippen molar-refractivity contribution in [3.63, 3.8) is 0 Å². The van der Waals surface area contributed by atoms with Crippen LogP contribution in [-0.2, 0) is 0 Å². The molecule has 0 amide bonds. The summed E-state index contributed by atoms with van der Waals surface area (Å²) in [5.74, 6) is 0.